The smallest absolute Gasteiger partial charge is 0.349 e. The molecule has 0 bridgehead atoms. The van der Waals surface area contributed by atoms with Crippen LogP contribution >= 0.6 is 11.3 Å². The molecule has 178 valence electrons. The van der Waals surface area contributed by atoms with E-state index in [2.05, 4.69) is 10.6 Å². The largest absolute Gasteiger partial charge is 0.497 e. The Labute approximate surface area is 205 Å². The molecule has 0 spiro atoms. The molecule has 2 amide bonds. The van der Waals surface area contributed by atoms with Crippen LogP contribution in [0, 0.1) is 6.92 Å². The number of amides is 2. The van der Waals surface area contributed by atoms with Crippen LogP contribution in [0.5, 0.6) is 5.75 Å². The number of thiophene rings is 1. The zero-order valence-electron chi connectivity index (χ0n) is 18.9. The van der Waals surface area contributed by atoms with E-state index in [1.54, 1.807) is 73.7 Å². The molecule has 2 heterocycles. The number of hydrogen-bond donors (Lipinski definition) is 2. The molecule has 0 radical (unpaired) electrons. The van der Waals surface area contributed by atoms with Gasteiger partial charge in [0.25, 0.3) is 11.8 Å². The number of rotatable bonds is 8. The van der Waals surface area contributed by atoms with E-state index in [0.717, 1.165) is 11.3 Å². The predicted molar refractivity (Wildman–Crippen MR) is 132 cm³/mol. The summed E-state index contributed by atoms with van der Waals surface area (Å²) in [7, 11) is 1.53. The maximum Gasteiger partial charge on any atom is 0.349 e. The Kier molecular flexibility index (Phi) is 7.27. The Bertz CT molecular complexity index is 1330. The van der Waals surface area contributed by atoms with Crippen LogP contribution in [0.3, 0.4) is 0 Å². The van der Waals surface area contributed by atoms with E-state index < -0.39 is 23.9 Å². The summed E-state index contributed by atoms with van der Waals surface area (Å²) >= 11 is 1.05. The van der Waals surface area contributed by atoms with E-state index in [9.17, 15) is 14.4 Å². The van der Waals surface area contributed by atoms with Gasteiger partial charge in [-0.15, -0.1) is 11.3 Å². The van der Waals surface area contributed by atoms with E-state index in [1.807, 2.05) is 0 Å². The summed E-state index contributed by atoms with van der Waals surface area (Å²) in [5.74, 6) is -0.900. The van der Waals surface area contributed by atoms with Crippen LogP contribution in [0.1, 0.15) is 37.5 Å². The quantitative estimate of drug-likeness (QED) is 0.318. The Hall–Kier alpha value is -4.37. The third-order valence-corrected chi connectivity index (χ3v) is 6.12. The van der Waals surface area contributed by atoms with Crippen molar-refractivity contribution in [3.63, 3.8) is 0 Å². The second kappa shape index (κ2) is 10.7. The number of esters is 1. The third-order valence-electron chi connectivity index (χ3n) is 4.99. The first-order valence-electron chi connectivity index (χ1n) is 10.6. The van der Waals surface area contributed by atoms with Gasteiger partial charge in [0.05, 0.1) is 18.4 Å². The second-order valence-corrected chi connectivity index (χ2v) is 8.52. The van der Waals surface area contributed by atoms with Crippen molar-refractivity contribution >= 4 is 39.8 Å². The number of methoxy groups -OCH3 is 1. The highest BCUT2D eigenvalue weighted by atomic mass is 32.1. The van der Waals surface area contributed by atoms with Crippen LogP contribution in [-0.4, -0.2) is 24.9 Å². The van der Waals surface area contributed by atoms with E-state index in [1.165, 1.54) is 19.4 Å². The summed E-state index contributed by atoms with van der Waals surface area (Å²) < 4.78 is 16.0. The molecule has 9 heteroatoms. The lowest BCUT2D eigenvalue weighted by atomic mass is 10.1. The van der Waals surface area contributed by atoms with Crippen molar-refractivity contribution in [3.05, 3.63) is 101 Å². The number of anilines is 2. The highest BCUT2D eigenvalue weighted by Crippen LogP contribution is 2.30. The van der Waals surface area contributed by atoms with Gasteiger partial charge in [0.1, 0.15) is 10.6 Å². The van der Waals surface area contributed by atoms with Crippen LogP contribution in [0.25, 0.3) is 0 Å². The Morgan fingerprint density at radius 2 is 1.74 bits per heavy atom. The van der Waals surface area contributed by atoms with Crippen molar-refractivity contribution in [1.82, 2.24) is 0 Å². The maximum absolute atomic E-state index is 13.2. The molecule has 2 aromatic carbocycles. The van der Waals surface area contributed by atoms with Crippen molar-refractivity contribution in [2.75, 3.05) is 17.7 Å². The van der Waals surface area contributed by atoms with Gasteiger partial charge in [-0.25, -0.2) is 4.79 Å². The van der Waals surface area contributed by atoms with Gasteiger partial charge in [0.15, 0.2) is 5.76 Å². The van der Waals surface area contributed by atoms with E-state index in [-0.39, 0.29) is 10.6 Å². The van der Waals surface area contributed by atoms with Crippen molar-refractivity contribution < 1.29 is 28.3 Å². The molecule has 4 rings (SSSR count). The SMILES string of the molecule is COc1cccc(NC(=O)C(OC(=O)c2sc(NC(=O)c3ccco3)cc2C)c2ccccc2)c1. The molecule has 0 aliphatic heterocycles. The molecule has 35 heavy (non-hydrogen) atoms. The van der Waals surface area contributed by atoms with Gasteiger partial charge in [-0.2, -0.15) is 0 Å². The molecule has 1 unspecified atom stereocenters. The fourth-order valence-corrected chi connectivity index (χ4v) is 4.25. The van der Waals surface area contributed by atoms with Crippen molar-refractivity contribution in [2.45, 2.75) is 13.0 Å². The van der Waals surface area contributed by atoms with Crippen LogP contribution in [0.2, 0.25) is 0 Å². The fraction of sp³-hybridized carbons (Fsp3) is 0.115. The summed E-state index contributed by atoms with van der Waals surface area (Å²) in [6.07, 6.45) is 0.204. The first kappa shape index (κ1) is 23.8. The molecule has 2 N–H and O–H groups in total. The van der Waals surface area contributed by atoms with Crippen LogP contribution < -0.4 is 15.4 Å². The standard InChI is InChI=1S/C26H22N2O6S/c1-16-14-21(28-24(29)20-12-7-13-33-20)35-23(16)26(31)34-22(17-8-4-3-5-9-17)25(30)27-18-10-6-11-19(15-18)32-2/h3-15,22H,1-2H3,(H,27,30)(H,28,29). The predicted octanol–water partition coefficient (Wildman–Crippen LogP) is 5.45. The summed E-state index contributed by atoms with van der Waals surface area (Å²) in [5, 5.41) is 5.92. The molecular formula is C26H22N2O6S. The summed E-state index contributed by atoms with van der Waals surface area (Å²) in [6, 6.07) is 20.4. The maximum atomic E-state index is 13.2. The number of carbonyl (C=O) groups is 3. The average Bonchev–Trinajstić information content (AvgIpc) is 3.53. The van der Waals surface area contributed by atoms with Crippen LogP contribution in [-0.2, 0) is 9.53 Å². The second-order valence-electron chi connectivity index (χ2n) is 7.47. The molecule has 0 saturated carbocycles. The Balaban J connectivity index is 1.53. The van der Waals surface area contributed by atoms with Crippen LogP contribution in [0.15, 0.2) is 83.5 Å². The van der Waals surface area contributed by atoms with Gasteiger partial charge >= 0.3 is 5.97 Å². The lowest BCUT2D eigenvalue weighted by molar-refractivity contribution is -0.125. The number of benzene rings is 2. The molecule has 0 saturated heterocycles. The Morgan fingerprint density at radius 3 is 2.46 bits per heavy atom. The minimum absolute atomic E-state index is 0.151. The molecule has 0 aliphatic carbocycles. The summed E-state index contributed by atoms with van der Waals surface area (Å²) in [6.45, 7) is 1.73. The van der Waals surface area contributed by atoms with Gasteiger partial charge in [0, 0.05) is 17.3 Å². The summed E-state index contributed by atoms with van der Waals surface area (Å²) in [4.78, 5) is 38.8. The average molecular weight is 491 g/mol. The van der Waals surface area contributed by atoms with Gasteiger partial charge < -0.3 is 24.5 Å². The molecule has 8 nitrogen and oxygen atoms in total. The minimum Gasteiger partial charge on any atom is -0.497 e. The highest BCUT2D eigenvalue weighted by Gasteiger charge is 2.28. The lowest BCUT2D eigenvalue weighted by Crippen LogP contribution is -2.25. The van der Waals surface area contributed by atoms with Gasteiger partial charge in [0.2, 0.25) is 6.10 Å². The number of furan rings is 1. The van der Waals surface area contributed by atoms with Crippen LogP contribution in [0.4, 0.5) is 10.7 Å². The van der Waals surface area contributed by atoms with Crippen molar-refractivity contribution in [1.29, 1.82) is 0 Å². The van der Waals surface area contributed by atoms with Gasteiger partial charge in [-0.05, 0) is 42.8 Å². The van der Waals surface area contributed by atoms with Crippen molar-refractivity contribution in [2.24, 2.45) is 0 Å². The Morgan fingerprint density at radius 1 is 0.943 bits per heavy atom. The molecule has 0 fully saturated rings. The minimum atomic E-state index is -1.20. The highest BCUT2D eigenvalue weighted by molar-refractivity contribution is 7.18. The van der Waals surface area contributed by atoms with E-state index in [4.69, 9.17) is 13.9 Å². The van der Waals surface area contributed by atoms with E-state index in [0.29, 0.717) is 27.6 Å². The molecule has 1 atom stereocenters. The molecule has 0 aliphatic rings. The number of aryl methyl sites for hydroxylation is 1. The number of ether oxygens (including phenoxy) is 2. The zero-order chi connectivity index (χ0) is 24.8. The van der Waals surface area contributed by atoms with E-state index >= 15 is 0 Å². The molecule has 2 aromatic heterocycles. The normalized spacial score (nSPS) is 11.4. The number of nitrogens with one attached hydrogen (secondary N) is 2. The summed E-state index contributed by atoms with van der Waals surface area (Å²) in [5.41, 5.74) is 1.62. The molecular weight excluding hydrogens is 468 g/mol. The number of carbonyl (C=O) groups excluding carboxylic acids is 3. The lowest BCUT2D eigenvalue weighted by Gasteiger charge is -2.18. The first-order valence-corrected chi connectivity index (χ1v) is 11.4. The zero-order valence-corrected chi connectivity index (χ0v) is 19.8. The van der Waals surface area contributed by atoms with Gasteiger partial charge in [-0.3, -0.25) is 9.59 Å². The molecule has 4 aromatic rings. The fourth-order valence-electron chi connectivity index (χ4n) is 3.30. The first-order chi connectivity index (χ1) is 16.9. The number of hydrogen-bond acceptors (Lipinski definition) is 7. The van der Waals surface area contributed by atoms with Gasteiger partial charge in [-0.1, -0.05) is 36.4 Å². The van der Waals surface area contributed by atoms with Crippen molar-refractivity contribution in [3.8, 4) is 5.75 Å². The monoisotopic (exact) mass is 490 g/mol. The third kappa shape index (κ3) is 5.77. The topological polar surface area (TPSA) is 107 Å².